The molecule has 1 unspecified atom stereocenters. The van der Waals surface area contributed by atoms with Gasteiger partial charge in [-0.3, -0.25) is 0 Å². The van der Waals surface area contributed by atoms with Crippen molar-refractivity contribution in [3.05, 3.63) is 132 Å². The van der Waals surface area contributed by atoms with Crippen molar-refractivity contribution in [1.29, 1.82) is 0 Å². The smallest absolute Gasteiger partial charge is 0.00711 e. The van der Waals surface area contributed by atoms with Crippen molar-refractivity contribution in [1.82, 2.24) is 0 Å². The van der Waals surface area contributed by atoms with E-state index in [-0.39, 0.29) is 5.41 Å². The zero-order valence-corrected chi connectivity index (χ0v) is 26.8. The lowest BCUT2D eigenvalue weighted by Crippen LogP contribution is -2.27. The van der Waals surface area contributed by atoms with Gasteiger partial charge in [0.05, 0.1) is 0 Å². The van der Waals surface area contributed by atoms with Crippen molar-refractivity contribution < 1.29 is 0 Å². The Labute approximate surface area is 263 Å². The van der Waals surface area contributed by atoms with Gasteiger partial charge in [-0.15, -0.1) is 0 Å². The Morgan fingerprint density at radius 3 is 2.16 bits per heavy atom. The first-order valence-corrected chi connectivity index (χ1v) is 17.4. The van der Waals surface area contributed by atoms with Crippen LogP contribution in [0.3, 0.4) is 0 Å². The van der Waals surface area contributed by atoms with E-state index in [1.54, 1.807) is 55.7 Å². The molecule has 0 nitrogen and oxygen atoms in total. The Morgan fingerprint density at radius 2 is 1.32 bits per heavy atom. The van der Waals surface area contributed by atoms with Gasteiger partial charge in [-0.1, -0.05) is 93.6 Å². The Hall–Kier alpha value is -3.64. The van der Waals surface area contributed by atoms with Crippen LogP contribution in [0.2, 0.25) is 0 Å². The third kappa shape index (κ3) is 4.24. The molecular formula is C44H44. The van der Waals surface area contributed by atoms with Gasteiger partial charge in [0.1, 0.15) is 0 Å². The molecule has 0 spiro atoms. The summed E-state index contributed by atoms with van der Waals surface area (Å²) in [4.78, 5) is 0. The highest BCUT2D eigenvalue weighted by Crippen LogP contribution is 2.46. The van der Waals surface area contributed by atoms with Crippen LogP contribution in [0.1, 0.15) is 108 Å². The molecule has 0 saturated carbocycles. The molecule has 44 heavy (non-hydrogen) atoms. The van der Waals surface area contributed by atoms with Gasteiger partial charge in [0.15, 0.2) is 0 Å². The second kappa shape index (κ2) is 9.93. The van der Waals surface area contributed by atoms with E-state index < -0.39 is 0 Å². The van der Waals surface area contributed by atoms with E-state index in [1.807, 2.05) is 0 Å². The van der Waals surface area contributed by atoms with E-state index >= 15 is 0 Å². The van der Waals surface area contributed by atoms with Crippen LogP contribution in [0, 0.1) is 5.41 Å². The maximum absolute atomic E-state index is 2.61. The average molecular weight is 573 g/mol. The summed E-state index contributed by atoms with van der Waals surface area (Å²) in [6.07, 6.45) is 33.4. The molecule has 2 aromatic rings. The Balaban J connectivity index is 1.06. The lowest BCUT2D eigenvalue weighted by Gasteiger charge is -2.32. The first kappa shape index (κ1) is 26.7. The lowest BCUT2D eigenvalue weighted by atomic mass is 9.73. The molecule has 0 heterocycles. The number of benzene rings is 2. The number of hydrogen-bond donors (Lipinski definition) is 0. The van der Waals surface area contributed by atoms with Crippen LogP contribution in [0.25, 0.3) is 28.5 Å². The van der Waals surface area contributed by atoms with E-state index in [0.717, 1.165) is 12.8 Å². The quantitative estimate of drug-likeness (QED) is 0.336. The highest BCUT2D eigenvalue weighted by molar-refractivity contribution is 5.93. The molecule has 0 fully saturated rings. The number of fused-ring (bicyclic) bond motifs is 1. The molecule has 0 radical (unpaired) electrons. The molecule has 0 heteroatoms. The fourth-order valence-corrected chi connectivity index (χ4v) is 9.31. The molecule has 0 aliphatic heterocycles. The number of rotatable bonds is 2. The summed E-state index contributed by atoms with van der Waals surface area (Å²) in [5.41, 5.74) is 19.4. The number of allylic oxidation sites excluding steroid dienone is 16. The summed E-state index contributed by atoms with van der Waals surface area (Å²) in [6.45, 7) is 7.03. The second-order valence-electron chi connectivity index (χ2n) is 15.3. The molecule has 2 aromatic carbocycles. The standard InChI is InChI=1S/C44H44/c1-44(2,3)37-25-35-15-9-28-16-19-40(41-21-18-36(26-37)42(35)43(28)41)34-14-12-30-22-29(10-11-31(30)23-34)32-17-20-39-33(24-32)13-8-27-6-4-5-7-38(27)39/h4,6,9,15-16,19,21-26,36H,5,7-8,10-14,17-18,20H2,1-3H3. The Bertz CT molecular complexity index is 2040. The van der Waals surface area contributed by atoms with Crippen LogP contribution in [0.5, 0.6) is 0 Å². The third-order valence-corrected chi connectivity index (χ3v) is 11.7. The summed E-state index contributed by atoms with van der Waals surface area (Å²) >= 11 is 0. The fraction of sp³-hybridized carbons (Fsp3) is 0.364. The van der Waals surface area contributed by atoms with Gasteiger partial charge in [0.2, 0.25) is 0 Å². The van der Waals surface area contributed by atoms with Crippen LogP contribution in [0.4, 0.5) is 0 Å². The molecular weight excluding hydrogens is 528 g/mol. The fourth-order valence-electron chi connectivity index (χ4n) is 9.31. The third-order valence-electron chi connectivity index (χ3n) is 11.7. The summed E-state index contributed by atoms with van der Waals surface area (Å²) in [7, 11) is 0. The molecule has 0 aromatic heterocycles. The van der Waals surface area contributed by atoms with E-state index in [1.165, 1.54) is 90.1 Å². The summed E-state index contributed by atoms with van der Waals surface area (Å²) in [5, 5.41) is 5.84. The van der Waals surface area contributed by atoms with Gasteiger partial charge in [0.25, 0.3) is 0 Å². The van der Waals surface area contributed by atoms with Gasteiger partial charge in [-0.25, -0.2) is 0 Å². The van der Waals surface area contributed by atoms with Crippen LogP contribution < -0.4 is 10.4 Å². The van der Waals surface area contributed by atoms with Crippen molar-refractivity contribution in [2.24, 2.45) is 5.41 Å². The van der Waals surface area contributed by atoms with Crippen molar-refractivity contribution in [2.75, 3.05) is 0 Å². The molecule has 220 valence electrons. The maximum atomic E-state index is 2.61. The lowest BCUT2D eigenvalue weighted by molar-refractivity contribution is 0.517. The Morgan fingerprint density at radius 1 is 0.636 bits per heavy atom. The number of hydrogen-bond acceptors (Lipinski definition) is 0. The van der Waals surface area contributed by atoms with Crippen LogP contribution in [0.15, 0.2) is 111 Å². The molecule has 9 rings (SSSR count). The predicted octanol–water partition coefficient (Wildman–Crippen LogP) is 10.5. The van der Waals surface area contributed by atoms with Crippen molar-refractivity contribution in [2.45, 2.75) is 97.3 Å². The van der Waals surface area contributed by atoms with Gasteiger partial charge in [-0.05, 0) is 164 Å². The minimum atomic E-state index is 0.180. The first-order valence-electron chi connectivity index (χ1n) is 17.4. The highest BCUT2D eigenvalue weighted by Gasteiger charge is 2.28. The van der Waals surface area contributed by atoms with Gasteiger partial charge >= 0.3 is 0 Å². The monoisotopic (exact) mass is 572 g/mol. The Kier molecular flexibility index (Phi) is 6.04. The molecule has 1 atom stereocenters. The van der Waals surface area contributed by atoms with Gasteiger partial charge < -0.3 is 0 Å². The van der Waals surface area contributed by atoms with Gasteiger partial charge in [0, 0.05) is 5.92 Å². The van der Waals surface area contributed by atoms with E-state index in [4.69, 9.17) is 0 Å². The SMILES string of the molecule is CC(C)(C)C1=CC2CC=c3c(C4=CC5=C(C=C(C6=CC7=C(CC6)C6=C(C=CCC6)CC7)CC5)CC4)ccc4ccc(c2c34)=C1. The normalized spacial score (nSPS) is 24.0. The molecule has 7 aliphatic carbocycles. The van der Waals surface area contributed by atoms with E-state index in [9.17, 15) is 0 Å². The second-order valence-corrected chi connectivity index (χ2v) is 15.3. The molecule has 7 aliphatic rings. The molecule has 0 N–H and O–H groups in total. The van der Waals surface area contributed by atoms with Crippen LogP contribution >= 0.6 is 0 Å². The van der Waals surface area contributed by atoms with Crippen molar-refractivity contribution in [3.63, 3.8) is 0 Å². The average Bonchev–Trinajstić information content (AvgIpc) is 3.05. The minimum Gasteiger partial charge on any atom is -0.0839 e. The summed E-state index contributed by atoms with van der Waals surface area (Å²) < 4.78 is 0. The van der Waals surface area contributed by atoms with Crippen molar-refractivity contribution >= 4 is 28.5 Å². The zero-order valence-electron chi connectivity index (χ0n) is 26.8. The van der Waals surface area contributed by atoms with Crippen LogP contribution in [-0.4, -0.2) is 0 Å². The van der Waals surface area contributed by atoms with Crippen molar-refractivity contribution in [3.8, 4) is 0 Å². The zero-order chi connectivity index (χ0) is 29.6. The summed E-state index contributed by atoms with van der Waals surface area (Å²) in [5.74, 6) is 0.500. The predicted molar refractivity (Wildman–Crippen MR) is 188 cm³/mol. The van der Waals surface area contributed by atoms with E-state index in [2.05, 4.69) is 93.6 Å². The topological polar surface area (TPSA) is 0 Å². The molecule has 0 bridgehead atoms. The molecule has 0 saturated heterocycles. The largest absolute Gasteiger partial charge is 0.0839 e. The van der Waals surface area contributed by atoms with Crippen LogP contribution in [-0.2, 0) is 0 Å². The minimum absolute atomic E-state index is 0.180. The summed E-state index contributed by atoms with van der Waals surface area (Å²) in [6, 6.07) is 9.55. The molecule has 0 amide bonds. The maximum Gasteiger partial charge on any atom is 0.00711 e. The van der Waals surface area contributed by atoms with Gasteiger partial charge in [-0.2, -0.15) is 0 Å². The first-order chi connectivity index (χ1) is 21.4. The van der Waals surface area contributed by atoms with E-state index in [0.29, 0.717) is 5.92 Å². The highest BCUT2D eigenvalue weighted by atomic mass is 14.3.